The summed E-state index contributed by atoms with van der Waals surface area (Å²) in [4.78, 5) is 12.1. The second-order valence-corrected chi connectivity index (χ2v) is 7.21. The molecule has 1 aromatic carbocycles. The first kappa shape index (κ1) is 20.4. The first-order valence-corrected chi connectivity index (χ1v) is 8.85. The fourth-order valence-corrected chi connectivity index (χ4v) is 2.75. The highest BCUT2D eigenvalue weighted by atomic mass is 35.5. The van der Waals surface area contributed by atoms with E-state index in [0.29, 0.717) is 39.3 Å². The minimum atomic E-state index is -0.777. The summed E-state index contributed by atoms with van der Waals surface area (Å²) in [6, 6.07) is 2.97. The van der Waals surface area contributed by atoms with Crippen molar-refractivity contribution in [1.82, 2.24) is 0 Å². The van der Waals surface area contributed by atoms with Crippen molar-refractivity contribution >= 4 is 40.8 Å². The molecule has 6 heteroatoms. The summed E-state index contributed by atoms with van der Waals surface area (Å²) in [5.41, 5.74) is 0. The number of ether oxygens (including phenoxy) is 2. The third-order valence-corrected chi connectivity index (χ3v) is 4.47. The third-order valence-electron chi connectivity index (χ3n) is 3.45. The van der Waals surface area contributed by atoms with Crippen molar-refractivity contribution in [3.8, 4) is 5.75 Å². The third kappa shape index (κ3) is 6.78. The van der Waals surface area contributed by atoms with Gasteiger partial charge in [-0.15, -0.1) is 0 Å². The van der Waals surface area contributed by atoms with E-state index in [9.17, 15) is 4.79 Å². The zero-order chi connectivity index (χ0) is 17.6. The maximum absolute atomic E-state index is 12.1. The second-order valence-electron chi connectivity index (χ2n) is 5.99. The Hall–Kier alpha value is -0.640. The quantitative estimate of drug-likeness (QED) is 0.407. The van der Waals surface area contributed by atoms with Crippen LogP contribution in [0.1, 0.15) is 40.5 Å². The molecule has 0 aliphatic rings. The van der Waals surface area contributed by atoms with Gasteiger partial charge in [0.05, 0.1) is 21.7 Å². The first-order chi connectivity index (χ1) is 10.7. The molecule has 0 heterocycles. The van der Waals surface area contributed by atoms with Gasteiger partial charge >= 0.3 is 5.97 Å². The topological polar surface area (TPSA) is 35.5 Å². The Morgan fingerprint density at radius 2 is 1.70 bits per heavy atom. The lowest BCUT2D eigenvalue weighted by Gasteiger charge is -2.19. The van der Waals surface area contributed by atoms with Crippen molar-refractivity contribution in [3.63, 3.8) is 0 Å². The molecule has 0 aliphatic carbocycles. The highest BCUT2D eigenvalue weighted by Gasteiger charge is 2.20. The van der Waals surface area contributed by atoms with E-state index in [2.05, 4.69) is 20.8 Å². The smallest absolute Gasteiger partial charge is 0.347 e. The van der Waals surface area contributed by atoms with Crippen molar-refractivity contribution in [2.75, 3.05) is 6.61 Å². The highest BCUT2D eigenvalue weighted by Crippen LogP contribution is 2.34. The average Bonchev–Trinajstić information content (AvgIpc) is 2.48. The maximum atomic E-state index is 12.1. The van der Waals surface area contributed by atoms with Crippen LogP contribution in [0.3, 0.4) is 0 Å². The molecule has 0 saturated heterocycles. The molecule has 2 unspecified atom stereocenters. The van der Waals surface area contributed by atoms with Gasteiger partial charge in [-0.2, -0.15) is 0 Å². The molecule has 0 spiro atoms. The Morgan fingerprint density at radius 3 is 2.26 bits per heavy atom. The average molecular weight is 382 g/mol. The van der Waals surface area contributed by atoms with Gasteiger partial charge in [-0.05, 0) is 31.2 Å². The Balaban J connectivity index is 2.59. The Kier molecular flexibility index (Phi) is 8.52. The van der Waals surface area contributed by atoms with E-state index >= 15 is 0 Å². The van der Waals surface area contributed by atoms with Crippen LogP contribution in [0, 0.1) is 11.8 Å². The van der Waals surface area contributed by atoms with E-state index in [1.807, 2.05) is 0 Å². The monoisotopic (exact) mass is 380 g/mol. The molecule has 1 aromatic rings. The fourth-order valence-electron chi connectivity index (χ4n) is 2.17. The van der Waals surface area contributed by atoms with Gasteiger partial charge in [0.2, 0.25) is 0 Å². The lowest BCUT2D eigenvalue weighted by atomic mass is 9.96. The van der Waals surface area contributed by atoms with Gasteiger partial charge in [-0.1, -0.05) is 62.0 Å². The Labute approximate surface area is 153 Å². The molecule has 0 saturated carbocycles. The number of esters is 1. The van der Waals surface area contributed by atoms with E-state index in [1.54, 1.807) is 6.92 Å². The number of hydrogen-bond acceptors (Lipinski definition) is 3. The van der Waals surface area contributed by atoms with Gasteiger partial charge in [0.25, 0.3) is 0 Å². The molecule has 0 aliphatic heterocycles. The molecular weight excluding hydrogens is 359 g/mol. The molecule has 0 radical (unpaired) electrons. The molecule has 23 heavy (non-hydrogen) atoms. The van der Waals surface area contributed by atoms with Gasteiger partial charge in [-0.25, -0.2) is 4.79 Å². The summed E-state index contributed by atoms with van der Waals surface area (Å²) in [6.45, 7) is 8.42. The van der Waals surface area contributed by atoms with Gasteiger partial charge in [0, 0.05) is 6.07 Å². The number of carbonyl (C=O) groups excluding carboxylic acids is 1. The minimum Gasteiger partial charge on any atom is -0.477 e. The summed E-state index contributed by atoms with van der Waals surface area (Å²) in [6.07, 6.45) is 1.22. The SMILES string of the molecule is CCC(COC(=O)C(C)Oc1cc(Cl)c(Cl)cc1Cl)CC(C)C. The summed E-state index contributed by atoms with van der Waals surface area (Å²) in [7, 11) is 0. The molecule has 0 N–H and O–H groups in total. The molecule has 130 valence electrons. The van der Waals surface area contributed by atoms with Crippen molar-refractivity contribution in [3.05, 3.63) is 27.2 Å². The molecule has 0 amide bonds. The van der Waals surface area contributed by atoms with Crippen LogP contribution in [0.15, 0.2) is 12.1 Å². The van der Waals surface area contributed by atoms with Gasteiger partial charge in [0.15, 0.2) is 6.10 Å². The zero-order valence-corrected chi connectivity index (χ0v) is 16.1. The van der Waals surface area contributed by atoms with Gasteiger partial charge in [0.1, 0.15) is 5.75 Å². The first-order valence-electron chi connectivity index (χ1n) is 7.72. The standard InChI is InChI=1S/C17H23Cl3O3/c1-5-12(6-10(2)3)9-22-17(21)11(4)23-16-8-14(19)13(18)7-15(16)20/h7-8,10-12H,5-6,9H2,1-4H3. The van der Waals surface area contributed by atoms with E-state index in [1.165, 1.54) is 12.1 Å². The summed E-state index contributed by atoms with van der Waals surface area (Å²) in [5.74, 6) is 0.816. The number of benzene rings is 1. The largest absolute Gasteiger partial charge is 0.477 e. The fraction of sp³-hybridized carbons (Fsp3) is 0.588. The Bertz CT molecular complexity index is 532. The molecule has 0 bridgehead atoms. The minimum absolute atomic E-state index is 0.297. The lowest BCUT2D eigenvalue weighted by molar-refractivity contribution is -0.152. The van der Waals surface area contributed by atoms with Crippen LogP contribution in [0.2, 0.25) is 15.1 Å². The van der Waals surface area contributed by atoms with E-state index in [4.69, 9.17) is 44.3 Å². The predicted octanol–water partition coefficient (Wildman–Crippen LogP) is 6.03. The number of hydrogen-bond donors (Lipinski definition) is 0. The molecule has 3 nitrogen and oxygen atoms in total. The van der Waals surface area contributed by atoms with Crippen LogP contribution in [-0.4, -0.2) is 18.7 Å². The molecule has 0 fully saturated rings. The summed E-state index contributed by atoms with van der Waals surface area (Å²) >= 11 is 17.8. The van der Waals surface area contributed by atoms with Crippen LogP contribution >= 0.6 is 34.8 Å². The van der Waals surface area contributed by atoms with Crippen LogP contribution in [-0.2, 0) is 9.53 Å². The van der Waals surface area contributed by atoms with Crippen LogP contribution in [0.5, 0.6) is 5.75 Å². The van der Waals surface area contributed by atoms with Crippen LogP contribution < -0.4 is 4.74 Å². The van der Waals surface area contributed by atoms with Crippen LogP contribution in [0.4, 0.5) is 0 Å². The van der Waals surface area contributed by atoms with Gasteiger partial charge < -0.3 is 9.47 Å². The van der Waals surface area contributed by atoms with E-state index < -0.39 is 12.1 Å². The molecule has 0 aromatic heterocycles. The maximum Gasteiger partial charge on any atom is 0.347 e. The number of carbonyl (C=O) groups is 1. The predicted molar refractivity (Wildman–Crippen MR) is 95.8 cm³/mol. The van der Waals surface area contributed by atoms with E-state index in [0.717, 1.165) is 12.8 Å². The van der Waals surface area contributed by atoms with Gasteiger partial charge in [-0.3, -0.25) is 0 Å². The number of rotatable bonds is 8. The van der Waals surface area contributed by atoms with E-state index in [-0.39, 0.29) is 0 Å². The number of halogens is 3. The van der Waals surface area contributed by atoms with Crippen molar-refractivity contribution < 1.29 is 14.3 Å². The Morgan fingerprint density at radius 1 is 1.09 bits per heavy atom. The van der Waals surface area contributed by atoms with Crippen LogP contribution in [0.25, 0.3) is 0 Å². The van der Waals surface area contributed by atoms with Crippen molar-refractivity contribution in [2.45, 2.75) is 46.6 Å². The zero-order valence-electron chi connectivity index (χ0n) is 13.9. The van der Waals surface area contributed by atoms with Crippen molar-refractivity contribution in [1.29, 1.82) is 0 Å². The molecule has 1 rings (SSSR count). The highest BCUT2D eigenvalue weighted by molar-refractivity contribution is 6.43. The lowest BCUT2D eigenvalue weighted by Crippen LogP contribution is -2.28. The summed E-state index contributed by atoms with van der Waals surface area (Å²) < 4.78 is 10.9. The van der Waals surface area contributed by atoms with Crippen molar-refractivity contribution in [2.24, 2.45) is 11.8 Å². The second kappa shape index (κ2) is 9.61. The summed E-state index contributed by atoms with van der Waals surface area (Å²) in [5, 5.41) is 0.943. The normalized spacial score (nSPS) is 13.7. The molecular formula is C17H23Cl3O3. The molecule has 2 atom stereocenters.